The fourth-order valence-corrected chi connectivity index (χ4v) is 4.47. The van der Waals surface area contributed by atoms with Crippen molar-refractivity contribution in [3.05, 3.63) is 51.6 Å². The molecule has 0 bridgehead atoms. The second kappa shape index (κ2) is 8.57. The summed E-state index contributed by atoms with van der Waals surface area (Å²) in [5.41, 5.74) is 4.06. The molecule has 2 aliphatic rings. The average Bonchev–Trinajstić information content (AvgIpc) is 2.82. The molecule has 8 nitrogen and oxygen atoms in total. The zero-order valence-electron chi connectivity index (χ0n) is 19.6. The minimum Gasteiger partial charge on any atom is -0.490 e. The third kappa shape index (κ3) is 3.98. The molecule has 4 heterocycles. The number of ether oxygens (including phenoxy) is 3. The molecule has 3 aromatic rings. The number of benzene rings is 1. The largest absolute Gasteiger partial charge is 0.490 e. The van der Waals surface area contributed by atoms with Gasteiger partial charge in [0.2, 0.25) is 0 Å². The summed E-state index contributed by atoms with van der Waals surface area (Å²) in [4.78, 5) is 20.5. The monoisotopic (exact) mass is 450 g/mol. The van der Waals surface area contributed by atoms with Gasteiger partial charge in [0.05, 0.1) is 11.9 Å². The first-order valence-corrected chi connectivity index (χ1v) is 11.6. The van der Waals surface area contributed by atoms with Crippen LogP contribution in [0.5, 0.6) is 17.2 Å². The summed E-state index contributed by atoms with van der Waals surface area (Å²) in [6.07, 6.45) is 3.44. The Balaban J connectivity index is 1.37. The Kier molecular flexibility index (Phi) is 5.60. The third-order valence-corrected chi connectivity index (χ3v) is 6.48. The van der Waals surface area contributed by atoms with E-state index in [1.807, 2.05) is 32.0 Å². The second-order valence-electron chi connectivity index (χ2n) is 9.10. The minimum atomic E-state index is -0.0991. The lowest BCUT2D eigenvalue weighted by Crippen LogP contribution is -2.42. The van der Waals surface area contributed by atoms with Gasteiger partial charge in [-0.15, -0.1) is 0 Å². The maximum absolute atomic E-state index is 13.5. The fourth-order valence-electron chi connectivity index (χ4n) is 4.47. The Labute approximate surface area is 193 Å². The third-order valence-electron chi connectivity index (χ3n) is 6.48. The van der Waals surface area contributed by atoms with Crippen molar-refractivity contribution < 1.29 is 14.2 Å². The summed E-state index contributed by atoms with van der Waals surface area (Å²) >= 11 is 0. The van der Waals surface area contributed by atoms with Gasteiger partial charge in [-0.25, -0.2) is 4.98 Å². The van der Waals surface area contributed by atoms with Crippen LogP contribution in [0.4, 0.5) is 5.69 Å². The van der Waals surface area contributed by atoms with Crippen LogP contribution in [0.2, 0.25) is 0 Å². The molecule has 0 radical (unpaired) electrons. The summed E-state index contributed by atoms with van der Waals surface area (Å²) in [6.45, 7) is 10.7. The highest BCUT2D eigenvalue weighted by atomic mass is 16.6. The molecular formula is C25H30N4O4. The first-order valence-electron chi connectivity index (χ1n) is 11.6. The molecule has 1 fully saturated rings. The van der Waals surface area contributed by atoms with E-state index in [4.69, 9.17) is 19.2 Å². The zero-order chi connectivity index (χ0) is 23.1. The summed E-state index contributed by atoms with van der Waals surface area (Å²) in [6, 6.07) is 5.71. The van der Waals surface area contributed by atoms with Gasteiger partial charge < -0.3 is 19.1 Å². The highest BCUT2D eigenvalue weighted by Gasteiger charge is 2.28. The number of nitrogens with zero attached hydrogens (tertiary/aromatic N) is 4. The van der Waals surface area contributed by atoms with E-state index in [1.165, 1.54) is 4.52 Å². The molecule has 0 aliphatic carbocycles. The molecule has 8 heteroatoms. The summed E-state index contributed by atoms with van der Waals surface area (Å²) < 4.78 is 18.9. The Morgan fingerprint density at radius 1 is 1.09 bits per heavy atom. The molecule has 0 N–H and O–H groups in total. The summed E-state index contributed by atoms with van der Waals surface area (Å²) in [5.74, 6) is 2.39. The van der Waals surface area contributed by atoms with Gasteiger partial charge in [-0.3, -0.25) is 4.79 Å². The number of aryl methyl sites for hydroxylation is 2. The molecule has 33 heavy (non-hydrogen) atoms. The van der Waals surface area contributed by atoms with Crippen LogP contribution in [0.3, 0.4) is 0 Å². The maximum atomic E-state index is 13.5. The Morgan fingerprint density at radius 3 is 2.55 bits per heavy atom. The van der Waals surface area contributed by atoms with Crippen molar-refractivity contribution >= 4 is 11.3 Å². The predicted octanol–water partition coefficient (Wildman–Crippen LogP) is 3.65. The quantitative estimate of drug-likeness (QED) is 0.600. The van der Waals surface area contributed by atoms with Crippen molar-refractivity contribution in [1.29, 1.82) is 0 Å². The molecule has 2 aliphatic heterocycles. The Hall–Kier alpha value is -3.29. The number of rotatable bonds is 4. The van der Waals surface area contributed by atoms with Crippen LogP contribution in [-0.4, -0.2) is 47.0 Å². The van der Waals surface area contributed by atoms with Crippen LogP contribution < -0.4 is 24.7 Å². The second-order valence-corrected chi connectivity index (χ2v) is 9.10. The first kappa shape index (κ1) is 21.6. The van der Waals surface area contributed by atoms with E-state index in [-0.39, 0.29) is 17.6 Å². The molecule has 5 rings (SSSR count). The topological polar surface area (TPSA) is 78.2 Å². The highest BCUT2D eigenvalue weighted by molar-refractivity contribution is 5.58. The van der Waals surface area contributed by atoms with Gasteiger partial charge in [-0.2, -0.15) is 9.61 Å². The van der Waals surface area contributed by atoms with Crippen molar-refractivity contribution in [2.24, 2.45) is 0 Å². The fraction of sp³-hybridized carbons (Fsp3) is 0.480. The molecule has 2 aromatic heterocycles. The average molecular weight is 451 g/mol. The van der Waals surface area contributed by atoms with E-state index in [0.29, 0.717) is 24.5 Å². The van der Waals surface area contributed by atoms with Crippen LogP contribution in [0.1, 0.15) is 49.4 Å². The standard InChI is InChI=1S/C25H30N4O4/c1-15(2)22-23(25(30)29-24(27-22)17(4)16(3)14-26-29)28-9-7-18(8-10-28)33-19-5-6-20-21(13-19)32-12-11-31-20/h5-6,13-15,18H,7-12H2,1-4H3. The van der Waals surface area contributed by atoms with Crippen molar-refractivity contribution in [3.8, 4) is 17.2 Å². The molecule has 1 saturated heterocycles. The number of hydrogen-bond acceptors (Lipinski definition) is 7. The van der Waals surface area contributed by atoms with Crippen LogP contribution in [0.15, 0.2) is 29.2 Å². The minimum absolute atomic E-state index is 0.0745. The number of anilines is 1. The van der Waals surface area contributed by atoms with E-state index < -0.39 is 0 Å². The van der Waals surface area contributed by atoms with Crippen molar-refractivity contribution in [1.82, 2.24) is 14.6 Å². The van der Waals surface area contributed by atoms with Gasteiger partial charge >= 0.3 is 0 Å². The molecular weight excluding hydrogens is 420 g/mol. The van der Waals surface area contributed by atoms with E-state index >= 15 is 0 Å². The molecule has 0 atom stereocenters. The van der Waals surface area contributed by atoms with E-state index in [0.717, 1.165) is 60.0 Å². The summed E-state index contributed by atoms with van der Waals surface area (Å²) in [5, 5.41) is 4.37. The van der Waals surface area contributed by atoms with Crippen molar-refractivity contribution in [2.45, 2.75) is 52.6 Å². The molecule has 1 aromatic carbocycles. The van der Waals surface area contributed by atoms with Gasteiger partial charge in [0, 0.05) is 32.0 Å². The van der Waals surface area contributed by atoms with Gasteiger partial charge in [-0.1, -0.05) is 13.8 Å². The van der Waals surface area contributed by atoms with Crippen LogP contribution in [-0.2, 0) is 0 Å². The van der Waals surface area contributed by atoms with Gasteiger partial charge in [0.15, 0.2) is 17.1 Å². The summed E-state index contributed by atoms with van der Waals surface area (Å²) in [7, 11) is 0. The van der Waals surface area contributed by atoms with Crippen LogP contribution in [0.25, 0.3) is 5.65 Å². The van der Waals surface area contributed by atoms with Crippen LogP contribution >= 0.6 is 0 Å². The molecule has 0 spiro atoms. The lowest BCUT2D eigenvalue weighted by Gasteiger charge is -2.34. The number of fused-ring (bicyclic) bond motifs is 2. The van der Waals surface area contributed by atoms with Crippen molar-refractivity contribution in [2.75, 3.05) is 31.2 Å². The van der Waals surface area contributed by atoms with Crippen LogP contribution in [0, 0.1) is 13.8 Å². The zero-order valence-corrected chi connectivity index (χ0v) is 19.6. The van der Waals surface area contributed by atoms with E-state index in [1.54, 1.807) is 6.20 Å². The first-order chi connectivity index (χ1) is 15.9. The molecule has 0 saturated carbocycles. The van der Waals surface area contributed by atoms with Gasteiger partial charge in [0.1, 0.15) is 30.8 Å². The Bertz CT molecular complexity index is 1250. The number of hydrogen-bond donors (Lipinski definition) is 0. The van der Waals surface area contributed by atoms with E-state index in [2.05, 4.69) is 23.8 Å². The molecule has 0 unspecified atom stereocenters. The molecule has 0 amide bonds. The predicted molar refractivity (Wildman–Crippen MR) is 126 cm³/mol. The van der Waals surface area contributed by atoms with Crippen molar-refractivity contribution in [3.63, 3.8) is 0 Å². The lowest BCUT2D eigenvalue weighted by molar-refractivity contribution is 0.159. The van der Waals surface area contributed by atoms with Gasteiger partial charge in [-0.05, 0) is 43.0 Å². The highest BCUT2D eigenvalue weighted by Crippen LogP contribution is 2.35. The number of piperidine rings is 1. The molecule has 174 valence electrons. The van der Waals surface area contributed by atoms with E-state index in [9.17, 15) is 4.79 Å². The number of aromatic nitrogens is 3. The SMILES string of the molecule is Cc1cnn2c(=O)c(N3CCC(Oc4ccc5c(c4)OCCO5)CC3)c(C(C)C)nc2c1C. The smallest absolute Gasteiger partial charge is 0.298 e. The normalized spacial score (nSPS) is 16.5. The maximum Gasteiger partial charge on any atom is 0.298 e. The van der Waals surface area contributed by atoms with Gasteiger partial charge in [0.25, 0.3) is 5.56 Å². The lowest BCUT2D eigenvalue weighted by atomic mass is 10.0. The Morgan fingerprint density at radius 2 is 1.82 bits per heavy atom.